The molecule has 0 radical (unpaired) electrons. The number of allylic oxidation sites excluding steroid dienone is 2. The lowest BCUT2D eigenvalue weighted by atomic mass is 10.2. The van der Waals surface area contributed by atoms with Gasteiger partial charge in [-0.3, -0.25) is 9.59 Å². The lowest BCUT2D eigenvalue weighted by Crippen LogP contribution is -2.27. The summed E-state index contributed by atoms with van der Waals surface area (Å²) >= 11 is 0. The Morgan fingerprint density at radius 1 is 1.25 bits per heavy atom. The molecule has 0 unspecified atom stereocenters. The first-order chi connectivity index (χ1) is 9.65. The van der Waals surface area contributed by atoms with Crippen molar-refractivity contribution in [1.82, 2.24) is 5.32 Å². The molecule has 1 amide bonds. The molecule has 0 atom stereocenters. The molecule has 1 aliphatic rings. The molecule has 1 aliphatic heterocycles. The van der Waals surface area contributed by atoms with Gasteiger partial charge in [-0.25, -0.2) is 0 Å². The van der Waals surface area contributed by atoms with Crippen LogP contribution >= 0.6 is 0 Å². The minimum atomic E-state index is -1.08. The van der Waals surface area contributed by atoms with Crippen LogP contribution in [-0.2, 0) is 9.59 Å². The number of carboxylic acids is 1. The van der Waals surface area contributed by atoms with Gasteiger partial charge in [-0.2, -0.15) is 0 Å². The topological polar surface area (TPSA) is 84.9 Å². The molecule has 1 aromatic carbocycles. The maximum atomic E-state index is 11.2. The highest BCUT2D eigenvalue weighted by Gasteiger charge is 2.11. The number of hydrogen-bond donors (Lipinski definition) is 2. The second-order valence-corrected chi connectivity index (χ2v) is 3.94. The zero-order chi connectivity index (χ0) is 14.4. The largest absolute Gasteiger partial charge is 0.480 e. The van der Waals surface area contributed by atoms with Crippen LogP contribution in [0.1, 0.15) is 5.56 Å². The van der Waals surface area contributed by atoms with Crippen LogP contribution in [0, 0.1) is 0 Å². The van der Waals surface area contributed by atoms with Gasteiger partial charge in [0.2, 0.25) is 12.7 Å². The molecule has 0 aliphatic carbocycles. The van der Waals surface area contributed by atoms with Crippen LogP contribution in [-0.4, -0.2) is 30.3 Å². The van der Waals surface area contributed by atoms with Crippen molar-refractivity contribution < 1.29 is 24.2 Å². The van der Waals surface area contributed by atoms with Crippen molar-refractivity contribution in [2.24, 2.45) is 0 Å². The summed E-state index contributed by atoms with van der Waals surface area (Å²) in [4.78, 5) is 21.4. The third kappa shape index (κ3) is 3.88. The number of carboxylic acid groups (broad SMARTS) is 1. The molecule has 2 N–H and O–H groups in total. The Morgan fingerprint density at radius 2 is 2.05 bits per heavy atom. The van der Waals surface area contributed by atoms with Crippen molar-refractivity contribution in [3.8, 4) is 11.5 Å². The summed E-state index contributed by atoms with van der Waals surface area (Å²) in [6, 6.07) is 5.50. The quantitative estimate of drug-likeness (QED) is 0.622. The summed E-state index contributed by atoms with van der Waals surface area (Å²) in [5, 5.41) is 10.6. The van der Waals surface area contributed by atoms with Gasteiger partial charge in [0.25, 0.3) is 0 Å². The van der Waals surface area contributed by atoms with Gasteiger partial charge in [-0.05, 0) is 17.7 Å². The van der Waals surface area contributed by atoms with Crippen molar-refractivity contribution in [2.75, 3.05) is 13.3 Å². The highest BCUT2D eigenvalue weighted by molar-refractivity contribution is 5.90. The second kappa shape index (κ2) is 6.42. The first-order valence-electron chi connectivity index (χ1n) is 5.89. The Morgan fingerprint density at radius 3 is 2.85 bits per heavy atom. The van der Waals surface area contributed by atoms with Gasteiger partial charge in [0.05, 0.1) is 0 Å². The van der Waals surface area contributed by atoms with Crippen LogP contribution in [0.4, 0.5) is 0 Å². The Hall–Kier alpha value is -2.76. The average Bonchev–Trinajstić information content (AvgIpc) is 2.88. The van der Waals surface area contributed by atoms with E-state index in [4.69, 9.17) is 14.6 Å². The first kappa shape index (κ1) is 13.7. The molecule has 6 nitrogen and oxygen atoms in total. The SMILES string of the molecule is O=C(O)CNC(=O)/C=C/C=C/c1ccc2c(c1)OCO2. The van der Waals surface area contributed by atoms with E-state index in [2.05, 4.69) is 5.32 Å². The van der Waals surface area contributed by atoms with Crippen LogP contribution in [0.3, 0.4) is 0 Å². The van der Waals surface area contributed by atoms with E-state index >= 15 is 0 Å². The van der Waals surface area contributed by atoms with Crippen molar-refractivity contribution in [2.45, 2.75) is 0 Å². The highest BCUT2D eigenvalue weighted by Crippen LogP contribution is 2.32. The van der Waals surface area contributed by atoms with E-state index in [1.807, 2.05) is 18.2 Å². The molecule has 104 valence electrons. The van der Waals surface area contributed by atoms with E-state index in [0.29, 0.717) is 11.5 Å². The van der Waals surface area contributed by atoms with Gasteiger partial charge in [0.15, 0.2) is 11.5 Å². The molecule has 0 saturated heterocycles. The monoisotopic (exact) mass is 275 g/mol. The molecule has 0 fully saturated rings. The van der Waals surface area contributed by atoms with Gasteiger partial charge in [-0.1, -0.05) is 24.3 Å². The summed E-state index contributed by atoms with van der Waals surface area (Å²) < 4.78 is 10.4. The van der Waals surface area contributed by atoms with Crippen LogP contribution < -0.4 is 14.8 Å². The lowest BCUT2D eigenvalue weighted by molar-refractivity contribution is -0.137. The third-order valence-corrected chi connectivity index (χ3v) is 2.46. The molecule has 6 heteroatoms. The molecule has 20 heavy (non-hydrogen) atoms. The molecule has 0 bridgehead atoms. The maximum absolute atomic E-state index is 11.2. The summed E-state index contributed by atoms with van der Waals surface area (Å²) in [7, 11) is 0. The lowest BCUT2D eigenvalue weighted by Gasteiger charge is -1.97. The molecule has 0 saturated carbocycles. The number of amides is 1. The van der Waals surface area contributed by atoms with Crippen LogP contribution in [0.15, 0.2) is 36.4 Å². The van der Waals surface area contributed by atoms with E-state index in [1.54, 1.807) is 12.2 Å². The van der Waals surface area contributed by atoms with Crippen molar-refractivity contribution in [3.05, 3.63) is 42.0 Å². The summed E-state index contributed by atoms with van der Waals surface area (Å²) in [5.41, 5.74) is 0.907. The Kier molecular flexibility index (Phi) is 4.39. The van der Waals surface area contributed by atoms with Gasteiger partial charge in [0.1, 0.15) is 6.54 Å². The normalized spacial score (nSPS) is 13.0. The number of carbonyl (C=O) groups excluding carboxylic acids is 1. The van der Waals surface area contributed by atoms with Crippen LogP contribution in [0.25, 0.3) is 6.08 Å². The number of ether oxygens (including phenoxy) is 2. The minimum Gasteiger partial charge on any atom is -0.480 e. The predicted octanol–water partition coefficient (Wildman–Crippen LogP) is 1.19. The number of hydrogen-bond acceptors (Lipinski definition) is 4. The zero-order valence-electron chi connectivity index (χ0n) is 10.5. The molecule has 1 heterocycles. The molecular weight excluding hydrogens is 262 g/mol. The number of nitrogens with one attached hydrogen (secondary N) is 1. The average molecular weight is 275 g/mol. The number of carbonyl (C=O) groups is 2. The molecule has 0 aromatic heterocycles. The van der Waals surface area contributed by atoms with Crippen molar-refractivity contribution in [1.29, 1.82) is 0 Å². The standard InChI is InChI=1S/C14H13NO5/c16-13(15-8-14(17)18)4-2-1-3-10-5-6-11-12(7-10)20-9-19-11/h1-7H,8-9H2,(H,15,16)(H,17,18)/b3-1+,4-2+. The van der Waals surface area contributed by atoms with E-state index < -0.39 is 18.4 Å². The van der Waals surface area contributed by atoms with E-state index in [9.17, 15) is 9.59 Å². The number of rotatable bonds is 5. The summed E-state index contributed by atoms with van der Waals surface area (Å²) in [6.45, 7) is -0.165. The molecule has 0 spiro atoms. The fraction of sp³-hybridized carbons (Fsp3) is 0.143. The van der Waals surface area contributed by atoms with Gasteiger partial charge >= 0.3 is 5.97 Å². The van der Waals surface area contributed by atoms with Gasteiger partial charge in [-0.15, -0.1) is 0 Å². The van der Waals surface area contributed by atoms with E-state index in [0.717, 1.165) is 5.56 Å². The number of benzene rings is 1. The maximum Gasteiger partial charge on any atom is 0.322 e. The van der Waals surface area contributed by atoms with Crippen LogP contribution in [0.2, 0.25) is 0 Å². The van der Waals surface area contributed by atoms with Gasteiger partial charge < -0.3 is 19.9 Å². The van der Waals surface area contributed by atoms with E-state index in [1.165, 1.54) is 12.2 Å². The number of aliphatic carboxylic acids is 1. The fourth-order valence-electron chi connectivity index (χ4n) is 1.55. The minimum absolute atomic E-state index is 0.228. The zero-order valence-corrected chi connectivity index (χ0v) is 10.5. The van der Waals surface area contributed by atoms with Crippen LogP contribution in [0.5, 0.6) is 11.5 Å². The number of fused-ring (bicyclic) bond motifs is 1. The molecule has 2 rings (SSSR count). The molecule has 1 aromatic rings. The fourth-order valence-corrected chi connectivity index (χ4v) is 1.55. The Bertz CT molecular complexity index is 577. The van der Waals surface area contributed by atoms with Gasteiger partial charge in [0, 0.05) is 6.08 Å². The van der Waals surface area contributed by atoms with Crippen molar-refractivity contribution in [3.63, 3.8) is 0 Å². The smallest absolute Gasteiger partial charge is 0.322 e. The second-order valence-electron chi connectivity index (χ2n) is 3.94. The molecular formula is C14H13NO5. The van der Waals surface area contributed by atoms with E-state index in [-0.39, 0.29) is 6.79 Å². The third-order valence-electron chi connectivity index (χ3n) is 2.46. The highest BCUT2D eigenvalue weighted by atomic mass is 16.7. The van der Waals surface area contributed by atoms with Crippen molar-refractivity contribution >= 4 is 18.0 Å². The first-order valence-corrected chi connectivity index (χ1v) is 5.89. The predicted molar refractivity (Wildman–Crippen MR) is 71.4 cm³/mol. The summed E-state index contributed by atoms with van der Waals surface area (Å²) in [5.74, 6) is -0.133. The Balaban J connectivity index is 1.87. The summed E-state index contributed by atoms with van der Waals surface area (Å²) in [6.07, 6.45) is 6.26. The Labute approximate surface area is 115 Å².